The fourth-order valence-electron chi connectivity index (χ4n) is 2.03. The summed E-state index contributed by atoms with van der Waals surface area (Å²) in [5.41, 5.74) is 7.78. The van der Waals surface area contributed by atoms with Crippen LogP contribution in [0.5, 0.6) is 0 Å². The van der Waals surface area contributed by atoms with Crippen molar-refractivity contribution in [3.05, 3.63) is 23.8 Å². The molecule has 16 heavy (non-hydrogen) atoms. The molecule has 0 radical (unpaired) electrons. The number of aliphatic hydroxyl groups excluding tert-OH is 1. The van der Waals surface area contributed by atoms with Gasteiger partial charge in [0.25, 0.3) is 0 Å². The van der Waals surface area contributed by atoms with Crippen LogP contribution < -0.4 is 10.6 Å². The first-order valence-electron chi connectivity index (χ1n) is 5.43. The summed E-state index contributed by atoms with van der Waals surface area (Å²) in [6.45, 7) is 1.58. The van der Waals surface area contributed by atoms with Crippen LogP contribution in [0, 0.1) is 11.3 Å². The molecule has 1 fully saturated rings. The summed E-state index contributed by atoms with van der Waals surface area (Å²) in [4.78, 5) is 2.13. The molecule has 4 heteroatoms. The van der Waals surface area contributed by atoms with E-state index in [1.807, 2.05) is 6.07 Å². The zero-order valence-electron chi connectivity index (χ0n) is 9.06. The SMILES string of the molecule is N#Cc1cc(N)ccc1N1CCC(O)CC1. The Kier molecular flexibility index (Phi) is 2.97. The highest BCUT2D eigenvalue weighted by Crippen LogP contribution is 2.25. The first-order chi connectivity index (χ1) is 7.70. The van der Waals surface area contributed by atoms with Crippen LogP contribution in [-0.2, 0) is 0 Å². The number of rotatable bonds is 1. The van der Waals surface area contributed by atoms with Gasteiger partial charge in [0.05, 0.1) is 17.4 Å². The summed E-state index contributed by atoms with van der Waals surface area (Å²) >= 11 is 0. The number of hydrogen-bond acceptors (Lipinski definition) is 4. The summed E-state index contributed by atoms with van der Waals surface area (Å²) in [5.74, 6) is 0. The molecular weight excluding hydrogens is 202 g/mol. The molecule has 1 aromatic carbocycles. The molecular formula is C12H15N3O. The molecule has 4 nitrogen and oxygen atoms in total. The van der Waals surface area contributed by atoms with Gasteiger partial charge in [0.1, 0.15) is 6.07 Å². The summed E-state index contributed by atoms with van der Waals surface area (Å²) in [7, 11) is 0. The van der Waals surface area contributed by atoms with Gasteiger partial charge in [-0.1, -0.05) is 0 Å². The monoisotopic (exact) mass is 217 g/mol. The number of nitriles is 1. The van der Waals surface area contributed by atoms with Gasteiger partial charge < -0.3 is 15.7 Å². The molecule has 0 bridgehead atoms. The van der Waals surface area contributed by atoms with E-state index < -0.39 is 0 Å². The highest BCUT2D eigenvalue weighted by molar-refractivity contribution is 5.64. The second-order valence-electron chi connectivity index (χ2n) is 4.11. The van der Waals surface area contributed by atoms with E-state index in [9.17, 15) is 5.11 Å². The van der Waals surface area contributed by atoms with E-state index in [1.54, 1.807) is 12.1 Å². The van der Waals surface area contributed by atoms with Gasteiger partial charge in [-0.05, 0) is 31.0 Å². The smallest absolute Gasteiger partial charge is 0.101 e. The van der Waals surface area contributed by atoms with Gasteiger partial charge in [-0.2, -0.15) is 5.26 Å². The third-order valence-electron chi connectivity index (χ3n) is 2.95. The van der Waals surface area contributed by atoms with Crippen molar-refractivity contribution in [2.24, 2.45) is 0 Å². The first-order valence-corrected chi connectivity index (χ1v) is 5.43. The molecule has 0 atom stereocenters. The van der Waals surface area contributed by atoms with Crippen LogP contribution in [0.25, 0.3) is 0 Å². The van der Waals surface area contributed by atoms with Crippen LogP contribution in [0.15, 0.2) is 18.2 Å². The van der Waals surface area contributed by atoms with Crippen molar-refractivity contribution in [2.45, 2.75) is 18.9 Å². The van der Waals surface area contributed by atoms with E-state index in [2.05, 4.69) is 11.0 Å². The zero-order valence-corrected chi connectivity index (χ0v) is 9.06. The number of piperidine rings is 1. The molecule has 0 aromatic heterocycles. The predicted molar refractivity (Wildman–Crippen MR) is 63.0 cm³/mol. The standard InChI is InChI=1S/C12H15N3O/c13-8-9-7-10(14)1-2-12(9)15-5-3-11(16)4-6-15/h1-2,7,11,16H,3-6,14H2. The Morgan fingerprint density at radius 2 is 2.06 bits per heavy atom. The van der Waals surface area contributed by atoms with Crippen molar-refractivity contribution in [3.63, 3.8) is 0 Å². The van der Waals surface area contributed by atoms with Crippen LogP contribution in [0.1, 0.15) is 18.4 Å². The highest BCUT2D eigenvalue weighted by Gasteiger charge is 2.19. The van der Waals surface area contributed by atoms with Gasteiger partial charge in [-0.3, -0.25) is 0 Å². The molecule has 84 valence electrons. The lowest BCUT2D eigenvalue weighted by molar-refractivity contribution is 0.145. The van der Waals surface area contributed by atoms with E-state index in [-0.39, 0.29) is 6.10 Å². The minimum Gasteiger partial charge on any atom is -0.399 e. The van der Waals surface area contributed by atoms with E-state index in [4.69, 9.17) is 11.0 Å². The third-order valence-corrected chi connectivity index (χ3v) is 2.95. The Morgan fingerprint density at radius 1 is 1.38 bits per heavy atom. The molecule has 1 aromatic rings. The van der Waals surface area contributed by atoms with E-state index in [0.29, 0.717) is 11.3 Å². The molecule has 1 aliphatic heterocycles. The number of benzene rings is 1. The Hall–Kier alpha value is -1.73. The number of nitrogens with zero attached hydrogens (tertiary/aromatic N) is 2. The van der Waals surface area contributed by atoms with Crippen LogP contribution in [0.4, 0.5) is 11.4 Å². The Bertz CT molecular complexity index is 417. The molecule has 0 unspecified atom stereocenters. The van der Waals surface area contributed by atoms with Crippen LogP contribution in [0.3, 0.4) is 0 Å². The maximum Gasteiger partial charge on any atom is 0.101 e. The molecule has 0 amide bonds. The lowest BCUT2D eigenvalue weighted by Crippen LogP contribution is -2.36. The number of hydrogen-bond donors (Lipinski definition) is 2. The minimum atomic E-state index is -0.199. The third kappa shape index (κ3) is 2.10. The number of nitrogen functional groups attached to an aromatic ring is 1. The second kappa shape index (κ2) is 4.42. The van der Waals surface area contributed by atoms with Gasteiger partial charge in [-0.15, -0.1) is 0 Å². The van der Waals surface area contributed by atoms with Crippen molar-refractivity contribution >= 4 is 11.4 Å². The zero-order chi connectivity index (χ0) is 11.5. The average molecular weight is 217 g/mol. The number of aliphatic hydroxyl groups is 1. The van der Waals surface area contributed by atoms with Crippen molar-refractivity contribution in [1.29, 1.82) is 5.26 Å². The van der Waals surface area contributed by atoms with Crippen LogP contribution >= 0.6 is 0 Å². The Labute approximate surface area is 94.9 Å². The second-order valence-corrected chi connectivity index (χ2v) is 4.11. The lowest BCUT2D eigenvalue weighted by Gasteiger charge is -2.32. The quantitative estimate of drug-likeness (QED) is 0.691. The molecule has 0 aliphatic carbocycles. The molecule has 1 saturated heterocycles. The van der Waals surface area contributed by atoms with Gasteiger partial charge >= 0.3 is 0 Å². The highest BCUT2D eigenvalue weighted by atomic mass is 16.3. The molecule has 0 saturated carbocycles. The van der Waals surface area contributed by atoms with Crippen molar-refractivity contribution in [3.8, 4) is 6.07 Å². The van der Waals surface area contributed by atoms with Gasteiger partial charge in [0, 0.05) is 18.8 Å². The Balaban J connectivity index is 2.24. The van der Waals surface area contributed by atoms with Crippen molar-refractivity contribution < 1.29 is 5.11 Å². The predicted octanol–water partition coefficient (Wildman–Crippen LogP) is 1.10. The van der Waals surface area contributed by atoms with Crippen LogP contribution in [0.2, 0.25) is 0 Å². The van der Waals surface area contributed by atoms with Gasteiger partial charge in [-0.25, -0.2) is 0 Å². The molecule has 1 aliphatic rings. The summed E-state index contributed by atoms with van der Waals surface area (Å²) in [6.07, 6.45) is 1.32. The maximum absolute atomic E-state index is 9.43. The fourth-order valence-corrected chi connectivity index (χ4v) is 2.03. The lowest BCUT2D eigenvalue weighted by atomic mass is 10.1. The summed E-state index contributed by atoms with van der Waals surface area (Å²) in [6, 6.07) is 7.54. The average Bonchev–Trinajstić information content (AvgIpc) is 2.30. The normalized spacial score (nSPS) is 17.1. The fraction of sp³-hybridized carbons (Fsp3) is 0.417. The minimum absolute atomic E-state index is 0.199. The van der Waals surface area contributed by atoms with Crippen molar-refractivity contribution in [1.82, 2.24) is 0 Å². The van der Waals surface area contributed by atoms with Crippen molar-refractivity contribution in [2.75, 3.05) is 23.7 Å². The molecule has 0 spiro atoms. The molecule has 2 rings (SSSR count). The summed E-state index contributed by atoms with van der Waals surface area (Å²) in [5, 5.41) is 18.5. The van der Waals surface area contributed by atoms with E-state index in [0.717, 1.165) is 31.6 Å². The largest absolute Gasteiger partial charge is 0.399 e. The number of anilines is 2. The topological polar surface area (TPSA) is 73.3 Å². The Morgan fingerprint density at radius 3 is 2.69 bits per heavy atom. The van der Waals surface area contributed by atoms with Gasteiger partial charge in [0.15, 0.2) is 0 Å². The first kappa shape index (κ1) is 10.8. The van der Waals surface area contributed by atoms with Crippen LogP contribution in [-0.4, -0.2) is 24.3 Å². The molecule has 3 N–H and O–H groups in total. The summed E-state index contributed by atoms with van der Waals surface area (Å²) < 4.78 is 0. The van der Waals surface area contributed by atoms with E-state index in [1.165, 1.54) is 0 Å². The molecule has 1 heterocycles. The maximum atomic E-state index is 9.43. The van der Waals surface area contributed by atoms with Gasteiger partial charge in [0.2, 0.25) is 0 Å². The number of nitrogens with two attached hydrogens (primary N) is 1. The van der Waals surface area contributed by atoms with E-state index >= 15 is 0 Å².